The molecule has 1 aromatic heterocycles. The molecular formula is C26H25ClN4O2. The predicted molar refractivity (Wildman–Crippen MR) is 130 cm³/mol. The van der Waals surface area contributed by atoms with E-state index in [9.17, 15) is 9.59 Å². The fraction of sp³-hybridized carbons (Fsp3) is 0.269. The van der Waals surface area contributed by atoms with Crippen LogP contribution >= 0.6 is 11.6 Å². The summed E-state index contributed by atoms with van der Waals surface area (Å²) < 4.78 is 1.71. The van der Waals surface area contributed by atoms with Crippen LogP contribution in [0.25, 0.3) is 0 Å². The molecule has 2 aromatic carbocycles. The number of halogens is 1. The third kappa shape index (κ3) is 3.85. The average molecular weight is 461 g/mol. The van der Waals surface area contributed by atoms with Crippen molar-refractivity contribution in [1.82, 2.24) is 9.78 Å². The molecule has 1 amide bonds. The van der Waals surface area contributed by atoms with Crippen molar-refractivity contribution >= 4 is 34.8 Å². The summed E-state index contributed by atoms with van der Waals surface area (Å²) in [5, 5.41) is 11.4. The zero-order valence-corrected chi connectivity index (χ0v) is 19.5. The fourth-order valence-electron chi connectivity index (χ4n) is 4.78. The lowest BCUT2D eigenvalue weighted by Gasteiger charge is -2.39. The second-order valence-electron chi connectivity index (χ2n) is 9.56. The van der Waals surface area contributed by atoms with Crippen LogP contribution < -0.4 is 10.6 Å². The average Bonchev–Trinajstić information content (AvgIpc) is 3.15. The predicted octanol–water partition coefficient (Wildman–Crippen LogP) is 5.76. The number of hydrogen-bond donors (Lipinski definition) is 2. The molecule has 2 aliphatic rings. The minimum absolute atomic E-state index is 0.0746. The van der Waals surface area contributed by atoms with Crippen LogP contribution in [0.15, 0.2) is 66.0 Å². The van der Waals surface area contributed by atoms with E-state index in [2.05, 4.69) is 29.6 Å². The Hall–Kier alpha value is -3.38. The Kier molecular flexibility index (Phi) is 5.13. The van der Waals surface area contributed by atoms with Crippen LogP contribution in [0.1, 0.15) is 54.2 Å². The molecule has 0 fully saturated rings. The van der Waals surface area contributed by atoms with Gasteiger partial charge in [-0.3, -0.25) is 9.59 Å². The van der Waals surface area contributed by atoms with Crippen molar-refractivity contribution in [2.45, 2.75) is 39.7 Å². The van der Waals surface area contributed by atoms with E-state index >= 15 is 0 Å². The molecule has 5 rings (SSSR count). The van der Waals surface area contributed by atoms with Crippen LogP contribution in [0.2, 0.25) is 5.02 Å². The van der Waals surface area contributed by atoms with Crippen LogP contribution in [0.5, 0.6) is 0 Å². The van der Waals surface area contributed by atoms with Gasteiger partial charge in [-0.05, 0) is 48.1 Å². The van der Waals surface area contributed by atoms with Crippen LogP contribution in [-0.2, 0) is 4.79 Å². The van der Waals surface area contributed by atoms with Crippen LogP contribution in [0.3, 0.4) is 0 Å². The van der Waals surface area contributed by atoms with E-state index in [1.165, 1.54) is 0 Å². The first-order valence-corrected chi connectivity index (χ1v) is 11.3. The highest BCUT2D eigenvalue weighted by atomic mass is 35.5. The van der Waals surface area contributed by atoms with Crippen molar-refractivity contribution in [1.29, 1.82) is 0 Å². The number of Topliss-reactive ketones (excluding diaryl/α,β-unsaturated/α-hetero) is 1. The molecule has 1 atom stereocenters. The number of hydrogen-bond acceptors (Lipinski definition) is 4. The van der Waals surface area contributed by atoms with Gasteiger partial charge in [-0.25, -0.2) is 4.68 Å². The molecule has 33 heavy (non-hydrogen) atoms. The maximum atomic E-state index is 13.3. The number of amides is 1. The van der Waals surface area contributed by atoms with E-state index in [1.54, 1.807) is 10.9 Å². The summed E-state index contributed by atoms with van der Waals surface area (Å²) in [6, 6.07) is 14.6. The van der Waals surface area contributed by atoms with Crippen LogP contribution in [0, 0.1) is 12.3 Å². The summed E-state index contributed by atoms with van der Waals surface area (Å²) >= 11 is 6.58. The van der Waals surface area contributed by atoms with Gasteiger partial charge in [-0.2, -0.15) is 5.10 Å². The van der Waals surface area contributed by atoms with Crippen molar-refractivity contribution in [3.05, 3.63) is 87.7 Å². The lowest BCUT2D eigenvalue weighted by molar-refractivity contribution is -0.118. The highest BCUT2D eigenvalue weighted by molar-refractivity contribution is 6.31. The molecule has 1 aliphatic heterocycles. The SMILES string of the molecule is Cc1cccc(NC(=O)c2cnn3c2NC2=C(C(=O)CC(C)(C)C2)[C@@H]3c2ccccc2Cl)c1. The number of carbonyl (C=O) groups is 2. The molecule has 0 saturated carbocycles. The van der Waals surface area contributed by atoms with Gasteiger partial charge in [0.15, 0.2) is 5.78 Å². The van der Waals surface area contributed by atoms with Crippen molar-refractivity contribution in [2.24, 2.45) is 5.41 Å². The Morgan fingerprint density at radius 3 is 2.73 bits per heavy atom. The molecule has 0 saturated heterocycles. The molecule has 168 valence electrons. The monoisotopic (exact) mass is 460 g/mol. The zero-order valence-electron chi connectivity index (χ0n) is 18.8. The number of aryl methyl sites for hydroxylation is 1. The molecule has 1 aliphatic carbocycles. The van der Waals surface area contributed by atoms with Gasteiger partial charge in [0.1, 0.15) is 17.4 Å². The molecule has 0 radical (unpaired) electrons. The standard InChI is InChI=1S/C26H25ClN4O2/c1-15-7-6-8-16(11-15)29-25(33)18-14-28-31-23(17-9-4-5-10-19(17)27)22-20(30-24(18)31)12-26(2,3)13-21(22)32/h4-11,14,23,30H,12-13H2,1-3H3,(H,29,33)/t23-/m0/s1. The summed E-state index contributed by atoms with van der Waals surface area (Å²) in [5.74, 6) is 0.373. The number of fused-ring (bicyclic) bond motifs is 1. The lowest BCUT2D eigenvalue weighted by Crippen LogP contribution is -2.37. The topological polar surface area (TPSA) is 76.0 Å². The number of nitrogens with one attached hydrogen (secondary N) is 2. The summed E-state index contributed by atoms with van der Waals surface area (Å²) in [6.45, 7) is 6.14. The summed E-state index contributed by atoms with van der Waals surface area (Å²) in [4.78, 5) is 26.5. The minimum Gasteiger partial charge on any atom is -0.343 e. The van der Waals surface area contributed by atoms with Gasteiger partial charge in [-0.1, -0.05) is 55.8 Å². The smallest absolute Gasteiger partial charge is 0.261 e. The Balaban J connectivity index is 1.61. The molecule has 2 heterocycles. The van der Waals surface area contributed by atoms with Gasteiger partial charge in [0.05, 0.1) is 6.20 Å². The van der Waals surface area contributed by atoms with Gasteiger partial charge < -0.3 is 10.6 Å². The number of aromatic nitrogens is 2. The molecule has 7 heteroatoms. The molecule has 2 N–H and O–H groups in total. The van der Waals surface area contributed by atoms with Gasteiger partial charge in [0, 0.05) is 28.4 Å². The van der Waals surface area contributed by atoms with Gasteiger partial charge in [0.25, 0.3) is 5.91 Å². The first-order chi connectivity index (χ1) is 15.7. The third-order valence-corrected chi connectivity index (χ3v) is 6.57. The first kappa shape index (κ1) is 21.5. The number of allylic oxidation sites excluding steroid dienone is 2. The summed E-state index contributed by atoms with van der Waals surface area (Å²) in [5.41, 5.74) is 4.29. The number of benzene rings is 2. The Morgan fingerprint density at radius 2 is 1.97 bits per heavy atom. The van der Waals surface area contributed by atoms with Crippen molar-refractivity contribution in [3.63, 3.8) is 0 Å². The van der Waals surface area contributed by atoms with E-state index in [1.807, 2.05) is 55.5 Å². The number of anilines is 2. The van der Waals surface area contributed by atoms with Gasteiger partial charge in [-0.15, -0.1) is 0 Å². The second-order valence-corrected chi connectivity index (χ2v) is 9.96. The Morgan fingerprint density at radius 1 is 1.18 bits per heavy atom. The summed E-state index contributed by atoms with van der Waals surface area (Å²) in [6.07, 6.45) is 2.69. The van der Waals surface area contributed by atoms with E-state index in [0.717, 1.165) is 16.8 Å². The quantitative estimate of drug-likeness (QED) is 0.521. The Labute approximate surface area is 197 Å². The number of nitrogens with zero attached hydrogens (tertiary/aromatic N) is 2. The minimum atomic E-state index is -0.492. The van der Waals surface area contributed by atoms with Gasteiger partial charge in [0.2, 0.25) is 0 Å². The zero-order chi connectivity index (χ0) is 23.3. The maximum Gasteiger partial charge on any atom is 0.261 e. The lowest BCUT2D eigenvalue weighted by atomic mass is 9.73. The molecule has 0 unspecified atom stereocenters. The number of carbonyl (C=O) groups excluding carboxylic acids is 2. The van der Waals surface area contributed by atoms with E-state index < -0.39 is 6.04 Å². The number of rotatable bonds is 3. The molecular weight excluding hydrogens is 436 g/mol. The third-order valence-electron chi connectivity index (χ3n) is 6.22. The van der Waals surface area contributed by atoms with Crippen molar-refractivity contribution < 1.29 is 9.59 Å². The van der Waals surface area contributed by atoms with E-state index in [-0.39, 0.29) is 17.1 Å². The van der Waals surface area contributed by atoms with Crippen molar-refractivity contribution in [2.75, 3.05) is 10.6 Å². The first-order valence-electron chi connectivity index (χ1n) is 11.0. The fourth-order valence-corrected chi connectivity index (χ4v) is 5.02. The van der Waals surface area contributed by atoms with Gasteiger partial charge >= 0.3 is 0 Å². The van der Waals surface area contributed by atoms with Crippen molar-refractivity contribution in [3.8, 4) is 0 Å². The van der Waals surface area contributed by atoms with Crippen LogP contribution in [0.4, 0.5) is 11.5 Å². The maximum absolute atomic E-state index is 13.3. The highest BCUT2D eigenvalue weighted by Gasteiger charge is 2.42. The summed E-state index contributed by atoms with van der Waals surface area (Å²) in [7, 11) is 0. The van der Waals surface area contributed by atoms with E-state index in [4.69, 9.17) is 11.6 Å². The van der Waals surface area contributed by atoms with E-state index in [0.29, 0.717) is 40.5 Å². The second kappa shape index (κ2) is 7.89. The molecule has 6 nitrogen and oxygen atoms in total. The Bertz CT molecular complexity index is 1320. The molecule has 0 spiro atoms. The van der Waals surface area contributed by atoms with Crippen LogP contribution in [-0.4, -0.2) is 21.5 Å². The highest BCUT2D eigenvalue weighted by Crippen LogP contribution is 2.47. The number of ketones is 1. The molecule has 0 bridgehead atoms. The largest absolute Gasteiger partial charge is 0.343 e. The molecule has 3 aromatic rings. The normalized spacial score (nSPS) is 18.9.